The number of hydrogen-bond donors (Lipinski definition) is 3. The van der Waals surface area contributed by atoms with Crippen molar-refractivity contribution in [2.24, 2.45) is 5.73 Å². The smallest absolute Gasteiger partial charge is 0.182 e. The fourth-order valence-corrected chi connectivity index (χ4v) is 1.23. The molecule has 0 aliphatic rings. The summed E-state index contributed by atoms with van der Waals surface area (Å²) < 4.78 is 5.48. The van der Waals surface area contributed by atoms with Gasteiger partial charge in [0.2, 0.25) is 0 Å². The van der Waals surface area contributed by atoms with Crippen molar-refractivity contribution < 1.29 is 4.74 Å². The fraction of sp³-hybridized carbons (Fsp3) is 0.250. The summed E-state index contributed by atoms with van der Waals surface area (Å²) in [4.78, 5) is 0. The Morgan fingerprint density at radius 2 is 2.00 bits per heavy atom. The molecule has 0 amide bonds. The van der Waals surface area contributed by atoms with Crippen molar-refractivity contribution in [3.8, 4) is 5.75 Å². The summed E-state index contributed by atoms with van der Waals surface area (Å²) in [6.45, 7) is 6.65. The first kappa shape index (κ1) is 13.3. The summed E-state index contributed by atoms with van der Waals surface area (Å²) in [5, 5.41) is 0.175. The minimum atomic E-state index is 0.175. The zero-order valence-corrected chi connectivity index (χ0v) is 10.6. The van der Waals surface area contributed by atoms with Crippen LogP contribution >= 0.6 is 12.2 Å². The molecule has 0 aliphatic carbocycles. The number of nitrogens with two attached hydrogens (primary N) is 1. The van der Waals surface area contributed by atoms with Crippen molar-refractivity contribution in [1.29, 1.82) is 0 Å². The van der Waals surface area contributed by atoms with E-state index in [0.717, 1.165) is 24.3 Å². The standard InChI is InChI=1S/C12H17N3OS/c1-3-8-16-11-6-4-10(5-7-11)9(2)14-15-12(13)17/h4-7,14H,2-3,8H2,1H3,(H3,13,15,17). The van der Waals surface area contributed by atoms with Crippen LogP contribution in [0.3, 0.4) is 0 Å². The van der Waals surface area contributed by atoms with Gasteiger partial charge in [0.25, 0.3) is 0 Å². The predicted molar refractivity (Wildman–Crippen MR) is 74.3 cm³/mol. The Kier molecular flexibility index (Phi) is 5.29. The third kappa shape index (κ3) is 4.74. The van der Waals surface area contributed by atoms with Gasteiger partial charge in [0.1, 0.15) is 5.75 Å². The second-order valence-corrected chi connectivity index (χ2v) is 3.91. The van der Waals surface area contributed by atoms with E-state index in [9.17, 15) is 0 Å². The molecule has 0 radical (unpaired) electrons. The maximum absolute atomic E-state index is 5.48. The van der Waals surface area contributed by atoms with E-state index in [4.69, 9.17) is 10.5 Å². The van der Waals surface area contributed by atoms with Crippen LogP contribution in [0.4, 0.5) is 0 Å². The molecular formula is C12H17N3OS. The van der Waals surface area contributed by atoms with Crippen LogP contribution in [0.5, 0.6) is 5.75 Å². The van der Waals surface area contributed by atoms with E-state index in [1.807, 2.05) is 24.3 Å². The van der Waals surface area contributed by atoms with Gasteiger partial charge >= 0.3 is 0 Å². The van der Waals surface area contributed by atoms with Gasteiger partial charge in [-0.15, -0.1) is 0 Å². The molecule has 0 bridgehead atoms. The minimum absolute atomic E-state index is 0.175. The Hall–Kier alpha value is -1.75. The molecule has 1 aromatic rings. The van der Waals surface area contributed by atoms with E-state index in [-0.39, 0.29) is 5.11 Å². The Labute approximate surface area is 107 Å². The molecule has 5 heteroatoms. The van der Waals surface area contributed by atoms with Gasteiger partial charge in [0.15, 0.2) is 5.11 Å². The molecule has 0 unspecified atom stereocenters. The highest BCUT2D eigenvalue weighted by atomic mass is 32.1. The van der Waals surface area contributed by atoms with E-state index >= 15 is 0 Å². The number of hydrazine groups is 1. The maximum atomic E-state index is 5.48. The second-order valence-electron chi connectivity index (χ2n) is 3.47. The van der Waals surface area contributed by atoms with Crippen LogP contribution in [0.25, 0.3) is 5.70 Å². The first-order chi connectivity index (χ1) is 8.13. The van der Waals surface area contributed by atoms with Gasteiger partial charge in [-0.25, -0.2) is 0 Å². The summed E-state index contributed by atoms with van der Waals surface area (Å²) in [6.07, 6.45) is 0.994. The maximum Gasteiger partial charge on any atom is 0.182 e. The zero-order valence-electron chi connectivity index (χ0n) is 9.82. The van der Waals surface area contributed by atoms with Gasteiger partial charge in [-0.05, 0) is 48.5 Å². The summed E-state index contributed by atoms with van der Waals surface area (Å²) in [6, 6.07) is 7.64. The minimum Gasteiger partial charge on any atom is -0.494 e. The van der Waals surface area contributed by atoms with Gasteiger partial charge in [0, 0.05) is 0 Å². The first-order valence-electron chi connectivity index (χ1n) is 5.37. The van der Waals surface area contributed by atoms with E-state index in [0.29, 0.717) is 5.70 Å². The Bertz CT molecular complexity index is 389. The number of benzene rings is 1. The Balaban J connectivity index is 2.54. The molecule has 0 atom stereocenters. The van der Waals surface area contributed by atoms with E-state index in [1.54, 1.807) is 0 Å². The molecule has 0 aliphatic heterocycles. The van der Waals surface area contributed by atoms with Gasteiger partial charge < -0.3 is 10.5 Å². The van der Waals surface area contributed by atoms with Gasteiger partial charge in [-0.2, -0.15) is 0 Å². The molecule has 0 saturated heterocycles. The number of hydrogen-bond acceptors (Lipinski definition) is 3. The van der Waals surface area contributed by atoms with E-state index in [2.05, 4.69) is 36.6 Å². The second kappa shape index (κ2) is 6.75. The van der Waals surface area contributed by atoms with Crippen LogP contribution in [0.1, 0.15) is 18.9 Å². The average molecular weight is 251 g/mol. The summed E-state index contributed by atoms with van der Waals surface area (Å²) in [5.74, 6) is 0.853. The van der Waals surface area contributed by atoms with Crippen LogP contribution in [-0.2, 0) is 0 Å². The van der Waals surface area contributed by atoms with Crippen molar-refractivity contribution in [2.45, 2.75) is 13.3 Å². The van der Waals surface area contributed by atoms with E-state index < -0.39 is 0 Å². The van der Waals surface area contributed by atoms with Gasteiger partial charge in [-0.3, -0.25) is 10.9 Å². The number of ether oxygens (including phenoxy) is 1. The van der Waals surface area contributed by atoms with Crippen molar-refractivity contribution in [2.75, 3.05) is 6.61 Å². The van der Waals surface area contributed by atoms with Crippen molar-refractivity contribution >= 4 is 23.0 Å². The predicted octanol–water partition coefficient (Wildman–Crippen LogP) is 1.78. The van der Waals surface area contributed by atoms with Crippen LogP contribution in [0, 0.1) is 0 Å². The zero-order chi connectivity index (χ0) is 12.7. The summed E-state index contributed by atoms with van der Waals surface area (Å²) in [7, 11) is 0. The quantitative estimate of drug-likeness (QED) is 0.531. The molecule has 0 spiro atoms. The lowest BCUT2D eigenvalue weighted by Gasteiger charge is -2.11. The molecule has 1 aromatic carbocycles. The first-order valence-corrected chi connectivity index (χ1v) is 5.78. The molecule has 0 aromatic heterocycles. The lowest BCUT2D eigenvalue weighted by Crippen LogP contribution is -2.39. The summed E-state index contributed by atoms with van der Waals surface area (Å²) >= 11 is 4.68. The van der Waals surface area contributed by atoms with Crippen LogP contribution in [0.15, 0.2) is 30.8 Å². The normalized spacial score (nSPS) is 9.47. The SMILES string of the molecule is C=C(NNC(N)=S)c1ccc(OCCC)cc1. The summed E-state index contributed by atoms with van der Waals surface area (Å²) in [5.41, 5.74) is 12.4. The lowest BCUT2D eigenvalue weighted by molar-refractivity contribution is 0.317. The third-order valence-corrected chi connectivity index (χ3v) is 2.11. The molecule has 0 fully saturated rings. The number of rotatable bonds is 6. The molecular weight excluding hydrogens is 234 g/mol. The van der Waals surface area contributed by atoms with Crippen LogP contribution in [0.2, 0.25) is 0 Å². The molecule has 0 heterocycles. The highest BCUT2D eigenvalue weighted by Gasteiger charge is 1.99. The third-order valence-electron chi connectivity index (χ3n) is 2.01. The topological polar surface area (TPSA) is 59.3 Å². The molecule has 4 nitrogen and oxygen atoms in total. The van der Waals surface area contributed by atoms with Gasteiger partial charge in [0.05, 0.1) is 12.3 Å². The molecule has 4 N–H and O–H groups in total. The largest absolute Gasteiger partial charge is 0.494 e. The lowest BCUT2D eigenvalue weighted by atomic mass is 10.2. The number of nitrogens with one attached hydrogen (secondary N) is 2. The average Bonchev–Trinajstić information content (AvgIpc) is 2.34. The van der Waals surface area contributed by atoms with Crippen molar-refractivity contribution in [1.82, 2.24) is 10.9 Å². The molecule has 92 valence electrons. The molecule has 17 heavy (non-hydrogen) atoms. The van der Waals surface area contributed by atoms with Crippen molar-refractivity contribution in [3.63, 3.8) is 0 Å². The van der Waals surface area contributed by atoms with Crippen LogP contribution < -0.4 is 21.3 Å². The number of thiocarbonyl (C=S) groups is 1. The van der Waals surface area contributed by atoms with E-state index in [1.165, 1.54) is 0 Å². The molecule has 1 rings (SSSR count). The fourth-order valence-electron chi connectivity index (χ4n) is 1.18. The van der Waals surface area contributed by atoms with Crippen LogP contribution in [-0.4, -0.2) is 11.7 Å². The monoisotopic (exact) mass is 251 g/mol. The highest BCUT2D eigenvalue weighted by Crippen LogP contribution is 2.15. The highest BCUT2D eigenvalue weighted by molar-refractivity contribution is 7.80. The Morgan fingerprint density at radius 3 is 2.53 bits per heavy atom. The van der Waals surface area contributed by atoms with Crippen molar-refractivity contribution in [3.05, 3.63) is 36.4 Å². The van der Waals surface area contributed by atoms with Gasteiger partial charge in [-0.1, -0.05) is 13.5 Å². The molecule has 0 saturated carbocycles. The Morgan fingerprint density at radius 1 is 1.35 bits per heavy atom.